The summed E-state index contributed by atoms with van der Waals surface area (Å²) in [5.74, 6) is 0. The number of hydrogen-bond donors (Lipinski definition) is 1. The van der Waals surface area contributed by atoms with Gasteiger partial charge in [-0.05, 0) is 74.1 Å². The van der Waals surface area contributed by atoms with Gasteiger partial charge in [0.1, 0.15) is 0 Å². The standard InChI is InChI=1S/C19H31N/c1-5-11-20-15(2)13-19(3,4)14-16-9-10-17-7-6-8-18(17)12-16/h9-10,12,15,20H,5-8,11,13-14H2,1-4H3. The van der Waals surface area contributed by atoms with E-state index in [1.807, 2.05) is 0 Å². The van der Waals surface area contributed by atoms with Crippen LogP contribution < -0.4 is 5.32 Å². The lowest BCUT2D eigenvalue weighted by atomic mass is 9.80. The first kappa shape index (κ1) is 15.6. The van der Waals surface area contributed by atoms with Crippen molar-refractivity contribution >= 4 is 0 Å². The molecule has 112 valence electrons. The number of fused-ring (bicyclic) bond motifs is 1. The molecule has 1 aliphatic carbocycles. The van der Waals surface area contributed by atoms with Crippen LogP contribution in [-0.2, 0) is 19.3 Å². The molecular formula is C19H31N. The van der Waals surface area contributed by atoms with E-state index in [2.05, 4.69) is 51.2 Å². The van der Waals surface area contributed by atoms with Crippen molar-refractivity contribution in [2.45, 2.75) is 72.3 Å². The molecule has 1 aliphatic rings. The van der Waals surface area contributed by atoms with Crippen molar-refractivity contribution < 1.29 is 0 Å². The van der Waals surface area contributed by atoms with Crippen LogP contribution in [0, 0.1) is 5.41 Å². The van der Waals surface area contributed by atoms with Gasteiger partial charge in [0.15, 0.2) is 0 Å². The normalized spacial score (nSPS) is 16.2. The van der Waals surface area contributed by atoms with E-state index < -0.39 is 0 Å². The van der Waals surface area contributed by atoms with Gasteiger partial charge in [-0.3, -0.25) is 0 Å². The van der Waals surface area contributed by atoms with Gasteiger partial charge < -0.3 is 5.32 Å². The molecule has 0 bridgehead atoms. The van der Waals surface area contributed by atoms with E-state index in [0.29, 0.717) is 11.5 Å². The lowest BCUT2D eigenvalue weighted by Gasteiger charge is -2.29. The first-order chi connectivity index (χ1) is 9.50. The molecule has 2 rings (SSSR count). The molecule has 0 radical (unpaired) electrons. The molecule has 0 aliphatic heterocycles. The molecule has 0 spiro atoms. The first-order valence-corrected chi connectivity index (χ1v) is 8.34. The molecule has 0 heterocycles. The molecule has 1 heteroatoms. The molecule has 1 aromatic carbocycles. The zero-order valence-corrected chi connectivity index (χ0v) is 13.8. The fraction of sp³-hybridized carbons (Fsp3) is 0.684. The minimum absolute atomic E-state index is 0.368. The van der Waals surface area contributed by atoms with Crippen molar-refractivity contribution in [1.29, 1.82) is 0 Å². The third-order valence-corrected chi connectivity index (χ3v) is 4.45. The van der Waals surface area contributed by atoms with Crippen LogP contribution in [0.4, 0.5) is 0 Å². The average molecular weight is 273 g/mol. The van der Waals surface area contributed by atoms with E-state index in [1.54, 1.807) is 11.1 Å². The lowest BCUT2D eigenvalue weighted by molar-refractivity contribution is 0.287. The molecule has 0 amide bonds. The molecule has 1 atom stereocenters. The van der Waals surface area contributed by atoms with Crippen LogP contribution in [-0.4, -0.2) is 12.6 Å². The Hall–Kier alpha value is -0.820. The second-order valence-corrected chi connectivity index (χ2v) is 7.36. The van der Waals surface area contributed by atoms with E-state index >= 15 is 0 Å². The Morgan fingerprint density at radius 2 is 1.95 bits per heavy atom. The number of aryl methyl sites for hydroxylation is 2. The van der Waals surface area contributed by atoms with Gasteiger partial charge in [-0.25, -0.2) is 0 Å². The van der Waals surface area contributed by atoms with Gasteiger partial charge in [0, 0.05) is 6.04 Å². The summed E-state index contributed by atoms with van der Waals surface area (Å²) in [6, 6.07) is 7.80. The highest BCUT2D eigenvalue weighted by Gasteiger charge is 2.22. The van der Waals surface area contributed by atoms with Gasteiger partial charge in [0.2, 0.25) is 0 Å². The highest BCUT2D eigenvalue weighted by molar-refractivity contribution is 5.35. The largest absolute Gasteiger partial charge is 0.314 e. The zero-order chi connectivity index (χ0) is 14.6. The summed E-state index contributed by atoms with van der Waals surface area (Å²) in [5, 5.41) is 3.62. The topological polar surface area (TPSA) is 12.0 Å². The second-order valence-electron chi connectivity index (χ2n) is 7.36. The summed E-state index contributed by atoms with van der Waals surface area (Å²) in [7, 11) is 0. The fourth-order valence-electron chi connectivity index (χ4n) is 3.65. The molecule has 20 heavy (non-hydrogen) atoms. The van der Waals surface area contributed by atoms with E-state index in [0.717, 1.165) is 6.54 Å². The Labute approximate surface area is 125 Å². The lowest BCUT2D eigenvalue weighted by Crippen LogP contribution is -2.32. The molecule has 1 nitrogen and oxygen atoms in total. The maximum Gasteiger partial charge on any atom is 0.00439 e. The summed E-state index contributed by atoms with van der Waals surface area (Å²) < 4.78 is 0. The van der Waals surface area contributed by atoms with Gasteiger partial charge >= 0.3 is 0 Å². The summed E-state index contributed by atoms with van der Waals surface area (Å²) in [6.45, 7) is 10.5. The number of nitrogens with one attached hydrogen (secondary N) is 1. The summed E-state index contributed by atoms with van der Waals surface area (Å²) >= 11 is 0. The van der Waals surface area contributed by atoms with E-state index in [-0.39, 0.29) is 0 Å². The zero-order valence-electron chi connectivity index (χ0n) is 13.8. The number of hydrogen-bond acceptors (Lipinski definition) is 1. The van der Waals surface area contributed by atoms with Crippen LogP contribution in [0.1, 0.15) is 63.6 Å². The van der Waals surface area contributed by atoms with Crippen LogP contribution in [0.3, 0.4) is 0 Å². The van der Waals surface area contributed by atoms with Crippen molar-refractivity contribution in [2.75, 3.05) is 6.54 Å². The molecule has 0 saturated heterocycles. The number of rotatable bonds is 7. The van der Waals surface area contributed by atoms with Gasteiger partial charge in [0.25, 0.3) is 0 Å². The molecule has 0 fully saturated rings. The molecule has 0 aromatic heterocycles. The van der Waals surface area contributed by atoms with Crippen molar-refractivity contribution in [3.63, 3.8) is 0 Å². The van der Waals surface area contributed by atoms with Crippen LogP contribution in [0.2, 0.25) is 0 Å². The van der Waals surface area contributed by atoms with Crippen molar-refractivity contribution in [3.8, 4) is 0 Å². The highest BCUT2D eigenvalue weighted by Crippen LogP contribution is 2.30. The minimum atomic E-state index is 0.368. The Kier molecular flexibility index (Phi) is 5.26. The van der Waals surface area contributed by atoms with Gasteiger partial charge in [-0.15, -0.1) is 0 Å². The van der Waals surface area contributed by atoms with Crippen LogP contribution in [0.25, 0.3) is 0 Å². The maximum absolute atomic E-state index is 3.62. The van der Waals surface area contributed by atoms with E-state index in [9.17, 15) is 0 Å². The predicted octanol–water partition coefficient (Wildman–Crippen LogP) is 4.52. The second kappa shape index (κ2) is 6.76. The Balaban J connectivity index is 1.93. The maximum atomic E-state index is 3.62. The Morgan fingerprint density at radius 1 is 1.20 bits per heavy atom. The van der Waals surface area contributed by atoms with Crippen LogP contribution in [0.15, 0.2) is 18.2 Å². The van der Waals surface area contributed by atoms with Gasteiger partial charge in [-0.2, -0.15) is 0 Å². The van der Waals surface area contributed by atoms with E-state index in [1.165, 1.54) is 44.1 Å². The molecule has 1 unspecified atom stereocenters. The third kappa shape index (κ3) is 4.34. The molecule has 1 N–H and O–H groups in total. The van der Waals surface area contributed by atoms with Crippen LogP contribution >= 0.6 is 0 Å². The Morgan fingerprint density at radius 3 is 2.70 bits per heavy atom. The highest BCUT2D eigenvalue weighted by atomic mass is 14.9. The minimum Gasteiger partial charge on any atom is -0.314 e. The van der Waals surface area contributed by atoms with E-state index in [4.69, 9.17) is 0 Å². The van der Waals surface area contributed by atoms with Crippen molar-refractivity contribution in [1.82, 2.24) is 5.32 Å². The Bertz CT molecular complexity index is 433. The van der Waals surface area contributed by atoms with Crippen molar-refractivity contribution in [2.24, 2.45) is 5.41 Å². The van der Waals surface area contributed by atoms with Crippen molar-refractivity contribution in [3.05, 3.63) is 34.9 Å². The van der Waals surface area contributed by atoms with Gasteiger partial charge in [-0.1, -0.05) is 39.0 Å². The first-order valence-electron chi connectivity index (χ1n) is 8.34. The van der Waals surface area contributed by atoms with Gasteiger partial charge in [0.05, 0.1) is 0 Å². The summed E-state index contributed by atoms with van der Waals surface area (Å²) in [4.78, 5) is 0. The average Bonchev–Trinajstić information content (AvgIpc) is 2.82. The molecular weight excluding hydrogens is 242 g/mol. The predicted molar refractivity (Wildman–Crippen MR) is 88.3 cm³/mol. The fourth-order valence-corrected chi connectivity index (χ4v) is 3.65. The smallest absolute Gasteiger partial charge is 0.00439 e. The summed E-state index contributed by atoms with van der Waals surface area (Å²) in [6.07, 6.45) is 7.58. The summed E-state index contributed by atoms with van der Waals surface area (Å²) in [5.41, 5.74) is 5.09. The molecule has 0 saturated carbocycles. The molecule has 1 aromatic rings. The third-order valence-electron chi connectivity index (χ3n) is 4.45. The monoisotopic (exact) mass is 273 g/mol. The number of benzene rings is 1. The quantitative estimate of drug-likeness (QED) is 0.770. The SMILES string of the molecule is CCCNC(C)CC(C)(C)Cc1ccc2c(c1)CCC2. The van der Waals surface area contributed by atoms with Crippen LogP contribution in [0.5, 0.6) is 0 Å².